The monoisotopic (exact) mass is 265 g/mol. The van der Waals surface area contributed by atoms with Crippen LogP contribution in [0.4, 0.5) is 18.9 Å². The number of rotatable bonds is 2. The largest absolute Gasteiger partial charge is 0.416 e. The Morgan fingerprint density at radius 2 is 1.58 bits per heavy atom. The van der Waals surface area contributed by atoms with E-state index >= 15 is 0 Å². The van der Waals surface area contributed by atoms with Gasteiger partial charge >= 0.3 is 6.18 Å². The average Bonchev–Trinajstić information content (AvgIpc) is 2.38. The van der Waals surface area contributed by atoms with Gasteiger partial charge < -0.3 is 4.90 Å². The fraction of sp³-hybridized carbons (Fsp3) is 0.200. The highest BCUT2D eigenvalue weighted by Gasteiger charge is 2.30. The van der Waals surface area contributed by atoms with Gasteiger partial charge in [-0.1, -0.05) is 30.3 Å². The Labute approximate surface area is 110 Å². The molecule has 0 atom stereocenters. The van der Waals surface area contributed by atoms with E-state index in [1.54, 1.807) is 6.07 Å². The summed E-state index contributed by atoms with van der Waals surface area (Å²) >= 11 is 0. The van der Waals surface area contributed by atoms with Gasteiger partial charge in [-0.25, -0.2) is 0 Å². The van der Waals surface area contributed by atoms with Crippen LogP contribution in [0.5, 0.6) is 0 Å². The molecule has 0 fully saturated rings. The second-order valence-electron chi connectivity index (χ2n) is 4.49. The Bertz CT molecular complexity index is 574. The normalized spacial score (nSPS) is 11.4. The van der Waals surface area contributed by atoms with Crippen LogP contribution in [0, 0.1) is 0 Å². The van der Waals surface area contributed by atoms with Crippen LogP contribution in [0.2, 0.25) is 0 Å². The summed E-state index contributed by atoms with van der Waals surface area (Å²) in [6.07, 6.45) is -4.32. The molecule has 0 aliphatic rings. The first-order valence-electron chi connectivity index (χ1n) is 5.83. The molecule has 0 heterocycles. The van der Waals surface area contributed by atoms with E-state index < -0.39 is 11.7 Å². The highest BCUT2D eigenvalue weighted by molar-refractivity contribution is 5.78. The van der Waals surface area contributed by atoms with Crippen LogP contribution in [0.25, 0.3) is 11.1 Å². The molecular formula is C15H14F3N. The summed E-state index contributed by atoms with van der Waals surface area (Å²) < 4.78 is 38.2. The Morgan fingerprint density at radius 1 is 0.895 bits per heavy atom. The van der Waals surface area contributed by atoms with Crippen molar-refractivity contribution in [3.63, 3.8) is 0 Å². The SMILES string of the molecule is CN(C)c1ccccc1-c1cccc(C(F)(F)F)c1. The van der Waals surface area contributed by atoms with Gasteiger partial charge in [0, 0.05) is 25.3 Å². The molecule has 2 aromatic rings. The zero-order valence-corrected chi connectivity index (χ0v) is 10.7. The second-order valence-corrected chi connectivity index (χ2v) is 4.49. The molecule has 0 saturated heterocycles. The molecular weight excluding hydrogens is 251 g/mol. The molecule has 0 bridgehead atoms. The molecule has 0 N–H and O–H groups in total. The van der Waals surface area contributed by atoms with Crippen molar-refractivity contribution in [2.45, 2.75) is 6.18 Å². The number of halogens is 3. The maximum Gasteiger partial charge on any atom is 0.416 e. The van der Waals surface area contributed by atoms with Crippen LogP contribution in [0.15, 0.2) is 48.5 Å². The van der Waals surface area contributed by atoms with E-state index in [1.807, 2.05) is 43.3 Å². The Morgan fingerprint density at radius 3 is 2.21 bits per heavy atom. The van der Waals surface area contributed by atoms with Crippen molar-refractivity contribution < 1.29 is 13.2 Å². The Balaban J connectivity index is 2.54. The maximum atomic E-state index is 12.7. The first-order valence-corrected chi connectivity index (χ1v) is 5.83. The summed E-state index contributed by atoms with van der Waals surface area (Å²) in [5.41, 5.74) is 1.62. The molecule has 0 aliphatic carbocycles. The summed E-state index contributed by atoms with van der Waals surface area (Å²) in [5, 5.41) is 0. The molecule has 100 valence electrons. The van der Waals surface area contributed by atoms with Crippen LogP contribution >= 0.6 is 0 Å². The number of hydrogen-bond donors (Lipinski definition) is 0. The third-order valence-corrected chi connectivity index (χ3v) is 2.89. The van der Waals surface area contributed by atoms with E-state index in [9.17, 15) is 13.2 Å². The van der Waals surface area contributed by atoms with E-state index in [1.165, 1.54) is 12.1 Å². The van der Waals surface area contributed by atoms with Gasteiger partial charge in [-0.05, 0) is 23.8 Å². The molecule has 1 nitrogen and oxygen atoms in total. The Kier molecular flexibility index (Phi) is 3.51. The van der Waals surface area contributed by atoms with Crippen molar-refractivity contribution in [2.24, 2.45) is 0 Å². The van der Waals surface area contributed by atoms with E-state index in [0.29, 0.717) is 5.56 Å². The van der Waals surface area contributed by atoms with Gasteiger partial charge in [-0.3, -0.25) is 0 Å². The van der Waals surface area contributed by atoms with Gasteiger partial charge in [0.1, 0.15) is 0 Å². The van der Waals surface area contributed by atoms with Crippen molar-refractivity contribution in [3.05, 3.63) is 54.1 Å². The zero-order valence-electron chi connectivity index (χ0n) is 10.7. The first kappa shape index (κ1) is 13.5. The molecule has 0 amide bonds. The lowest BCUT2D eigenvalue weighted by Crippen LogP contribution is -2.10. The highest BCUT2D eigenvalue weighted by Crippen LogP contribution is 2.35. The summed E-state index contributed by atoms with van der Waals surface area (Å²) in [6.45, 7) is 0. The molecule has 0 aromatic heterocycles. The molecule has 4 heteroatoms. The minimum absolute atomic E-state index is 0.569. The van der Waals surface area contributed by atoms with E-state index in [0.717, 1.165) is 17.3 Å². The molecule has 2 rings (SSSR count). The van der Waals surface area contributed by atoms with Crippen LogP contribution in [0.3, 0.4) is 0 Å². The van der Waals surface area contributed by atoms with Crippen molar-refractivity contribution in [3.8, 4) is 11.1 Å². The van der Waals surface area contributed by atoms with Crippen molar-refractivity contribution >= 4 is 5.69 Å². The first-order chi connectivity index (χ1) is 8.89. The third kappa shape index (κ3) is 2.89. The van der Waals surface area contributed by atoms with Gasteiger partial charge in [0.2, 0.25) is 0 Å². The fourth-order valence-corrected chi connectivity index (χ4v) is 1.97. The molecule has 19 heavy (non-hydrogen) atoms. The lowest BCUT2D eigenvalue weighted by atomic mass is 10.0. The lowest BCUT2D eigenvalue weighted by Gasteiger charge is -2.18. The van der Waals surface area contributed by atoms with Gasteiger partial charge in [0.25, 0.3) is 0 Å². The number of nitrogens with zero attached hydrogens (tertiary/aromatic N) is 1. The highest BCUT2D eigenvalue weighted by atomic mass is 19.4. The summed E-state index contributed by atoms with van der Waals surface area (Å²) in [4.78, 5) is 1.88. The smallest absolute Gasteiger partial charge is 0.377 e. The molecule has 0 saturated carbocycles. The van der Waals surface area contributed by atoms with Gasteiger partial charge in [-0.15, -0.1) is 0 Å². The predicted octanol–water partition coefficient (Wildman–Crippen LogP) is 4.44. The molecule has 0 radical (unpaired) electrons. The minimum Gasteiger partial charge on any atom is -0.377 e. The van der Waals surface area contributed by atoms with Crippen molar-refractivity contribution in [1.29, 1.82) is 0 Å². The van der Waals surface area contributed by atoms with Crippen LogP contribution in [-0.2, 0) is 6.18 Å². The molecule has 2 aromatic carbocycles. The number of alkyl halides is 3. The summed E-state index contributed by atoms with van der Waals surface area (Å²) in [6, 6.07) is 12.8. The predicted molar refractivity (Wildman–Crippen MR) is 71.2 cm³/mol. The maximum absolute atomic E-state index is 12.7. The Hall–Kier alpha value is -1.97. The van der Waals surface area contributed by atoms with Gasteiger partial charge in [-0.2, -0.15) is 13.2 Å². The lowest BCUT2D eigenvalue weighted by molar-refractivity contribution is -0.137. The molecule has 0 spiro atoms. The van der Waals surface area contributed by atoms with E-state index in [2.05, 4.69) is 0 Å². The van der Waals surface area contributed by atoms with E-state index in [4.69, 9.17) is 0 Å². The van der Waals surface area contributed by atoms with Crippen LogP contribution in [-0.4, -0.2) is 14.1 Å². The summed E-state index contributed by atoms with van der Waals surface area (Å²) in [7, 11) is 3.74. The number of benzene rings is 2. The number of para-hydroxylation sites is 1. The standard InChI is InChI=1S/C15H14F3N/c1-19(2)14-9-4-3-8-13(14)11-6-5-7-12(10-11)15(16,17)18/h3-10H,1-2H3. The molecule has 0 aliphatic heterocycles. The number of anilines is 1. The fourth-order valence-electron chi connectivity index (χ4n) is 1.97. The minimum atomic E-state index is -4.32. The van der Waals surface area contributed by atoms with Crippen molar-refractivity contribution in [1.82, 2.24) is 0 Å². The third-order valence-electron chi connectivity index (χ3n) is 2.89. The molecule has 0 unspecified atom stereocenters. The topological polar surface area (TPSA) is 3.24 Å². The quantitative estimate of drug-likeness (QED) is 0.776. The van der Waals surface area contributed by atoms with Crippen LogP contribution < -0.4 is 4.90 Å². The van der Waals surface area contributed by atoms with E-state index in [-0.39, 0.29) is 0 Å². The van der Waals surface area contributed by atoms with Crippen LogP contribution in [0.1, 0.15) is 5.56 Å². The van der Waals surface area contributed by atoms with Gasteiger partial charge in [0.05, 0.1) is 5.56 Å². The van der Waals surface area contributed by atoms with Crippen molar-refractivity contribution in [2.75, 3.05) is 19.0 Å². The van der Waals surface area contributed by atoms with Gasteiger partial charge in [0.15, 0.2) is 0 Å². The average molecular weight is 265 g/mol. The second kappa shape index (κ2) is 4.96. The number of hydrogen-bond acceptors (Lipinski definition) is 1. The summed E-state index contributed by atoms with van der Waals surface area (Å²) in [5.74, 6) is 0. The zero-order chi connectivity index (χ0) is 14.0.